The predicted octanol–water partition coefficient (Wildman–Crippen LogP) is 1.57. The van der Waals surface area contributed by atoms with Gasteiger partial charge in [0.25, 0.3) is 0 Å². The normalized spacial score (nSPS) is 19.1. The van der Waals surface area contributed by atoms with Crippen LogP contribution in [0.3, 0.4) is 0 Å². The molecule has 0 bridgehead atoms. The Labute approximate surface area is 141 Å². The molecule has 0 spiro atoms. The summed E-state index contributed by atoms with van der Waals surface area (Å²) in [5, 5.41) is 17.7. The lowest BCUT2D eigenvalue weighted by molar-refractivity contribution is 0.486. The topological polar surface area (TPSA) is 58.0 Å². The highest BCUT2D eigenvalue weighted by molar-refractivity contribution is 5.50. The van der Waals surface area contributed by atoms with E-state index < -0.39 is 0 Å². The van der Waals surface area contributed by atoms with Gasteiger partial charge in [-0.3, -0.25) is 0 Å². The van der Waals surface area contributed by atoms with Gasteiger partial charge in [0, 0.05) is 20.1 Å². The van der Waals surface area contributed by atoms with E-state index in [4.69, 9.17) is 0 Å². The van der Waals surface area contributed by atoms with Crippen LogP contribution in [0.15, 0.2) is 12.1 Å². The first-order valence-corrected chi connectivity index (χ1v) is 8.96. The summed E-state index contributed by atoms with van der Waals surface area (Å²) in [5.74, 6) is 2.03. The lowest BCUT2D eigenvalue weighted by Crippen LogP contribution is -2.59. The predicted molar refractivity (Wildman–Crippen MR) is 92.5 cm³/mol. The van der Waals surface area contributed by atoms with Gasteiger partial charge in [-0.25, -0.2) is 0 Å². The highest BCUT2D eigenvalue weighted by Crippen LogP contribution is 2.28. The van der Waals surface area contributed by atoms with Crippen molar-refractivity contribution in [1.82, 2.24) is 20.4 Å². The van der Waals surface area contributed by atoms with E-state index >= 15 is 0 Å². The number of hydrogen-bond acceptors (Lipinski definition) is 6. The number of anilines is 2. The third-order valence-corrected chi connectivity index (χ3v) is 5.71. The van der Waals surface area contributed by atoms with E-state index in [2.05, 4.69) is 49.4 Å². The molecular weight excluding hydrogens is 300 g/mol. The van der Waals surface area contributed by atoms with Gasteiger partial charge < -0.3 is 9.80 Å². The Morgan fingerprint density at radius 3 is 2.29 bits per heavy atom. The summed E-state index contributed by atoms with van der Waals surface area (Å²) in [5.41, 5.74) is 5.16. The molecule has 2 aliphatic carbocycles. The van der Waals surface area contributed by atoms with Crippen molar-refractivity contribution in [2.45, 2.75) is 44.6 Å². The van der Waals surface area contributed by atoms with Crippen molar-refractivity contribution < 1.29 is 0 Å². The molecule has 0 saturated carbocycles. The van der Waals surface area contributed by atoms with E-state index in [0.717, 1.165) is 50.4 Å². The van der Waals surface area contributed by atoms with Crippen molar-refractivity contribution >= 4 is 11.6 Å². The van der Waals surface area contributed by atoms with Crippen LogP contribution in [-0.4, -0.2) is 46.6 Å². The quantitative estimate of drug-likeness (QED) is 0.855. The van der Waals surface area contributed by atoms with Crippen molar-refractivity contribution in [3.8, 4) is 0 Å². The number of fused-ring (bicyclic) bond motifs is 2. The summed E-state index contributed by atoms with van der Waals surface area (Å²) in [7, 11) is 2.13. The lowest BCUT2D eigenvalue weighted by atomic mass is 10.1. The highest BCUT2D eigenvalue weighted by Gasteiger charge is 2.33. The first-order valence-electron chi connectivity index (χ1n) is 8.96. The van der Waals surface area contributed by atoms with Crippen LogP contribution >= 0.6 is 0 Å². The van der Waals surface area contributed by atoms with Crippen LogP contribution in [0, 0.1) is 0 Å². The Kier molecular flexibility index (Phi) is 3.18. The van der Waals surface area contributed by atoms with Gasteiger partial charge in [-0.05, 0) is 61.8 Å². The second-order valence-electron chi connectivity index (χ2n) is 7.23. The molecule has 0 atom stereocenters. The van der Waals surface area contributed by atoms with Gasteiger partial charge >= 0.3 is 0 Å². The van der Waals surface area contributed by atoms with Gasteiger partial charge in [0.1, 0.15) is 0 Å². The minimum atomic E-state index is 0.466. The summed E-state index contributed by atoms with van der Waals surface area (Å²) >= 11 is 0. The van der Waals surface area contributed by atoms with Crippen molar-refractivity contribution in [3.05, 3.63) is 34.6 Å². The number of aromatic nitrogens is 4. The summed E-state index contributed by atoms with van der Waals surface area (Å²) in [6, 6.07) is 4.93. The van der Waals surface area contributed by atoms with Crippen LogP contribution < -0.4 is 9.80 Å². The zero-order valence-corrected chi connectivity index (χ0v) is 14.1. The van der Waals surface area contributed by atoms with Gasteiger partial charge in [0.15, 0.2) is 11.6 Å². The van der Waals surface area contributed by atoms with E-state index in [0.29, 0.717) is 6.04 Å². The van der Waals surface area contributed by atoms with Crippen molar-refractivity contribution in [2.75, 3.05) is 29.9 Å². The minimum absolute atomic E-state index is 0.466. The molecule has 6 nitrogen and oxygen atoms in total. The second kappa shape index (κ2) is 5.40. The number of rotatable bonds is 3. The zero-order chi connectivity index (χ0) is 16.1. The van der Waals surface area contributed by atoms with Crippen LogP contribution in [0.4, 0.5) is 11.6 Å². The van der Waals surface area contributed by atoms with Crippen LogP contribution in [0.2, 0.25) is 0 Å². The summed E-state index contributed by atoms with van der Waals surface area (Å²) in [6.45, 7) is 1.95. The Balaban J connectivity index is 1.27. The van der Waals surface area contributed by atoms with Crippen molar-refractivity contribution in [3.63, 3.8) is 0 Å². The third kappa shape index (κ3) is 2.24. The second-order valence-corrected chi connectivity index (χ2v) is 7.23. The molecule has 1 saturated heterocycles. The van der Waals surface area contributed by atoms with Crippen LogP contribution in [0.5, 0.6) is 0 Å². The minimum Gasteiger partial charge on any atom is -0.352 e. The molecule has 3 heterocycles. The Bertz CT molecular complexity index is 783. The molecule has 0 amide bonds. The fourth-order valence-electron chi connectivity index (χ4n) is 4.04. The first kappa shape index (κ1) is 14.1. The summed E-state index contributed by atoms with van der Waals surface area (Å²) in [4.78, 5) is 4.58. The number of aryl methyl sites for hydroxylation is 4. The van der Waals surface area contributed by atoms with E-state index in [1.165, 1.54) is 35.4 Å². The third-order valence-electron chi connectivity index (χ3n) is 5.71. The Hall–Kier alpha value is -2.24. The highest BCUT2D eigenvalue weighted by atomic mass is 15.4. The van der Waals surface area contributed by atoms with Crippen LogP contribution in [0.1, 0.15) is 35.4 Å². The van der Waals surface area contributed by atoms with Crippen molar-refractivity contribution in [1.29, 1.82) is 0 Å². The van der Waals surface area contributed by atoms with E-state index in [-0.39, 0.29) is 0 Å². The molecule has 5 rings (SSSR count). The molecule has 3 aliphatic rings. The van der Waals surface area contributed by atoms with Gasteiger partial charge in [0.2, 0.25) is 0 Å². The molecule has 0 unspecified atom stereocenters. The van der Waals surface area contributed by atoms with Crippen LogP contribution in [-0.2, 0) is 25.7 Å². The zero-order valence-electron chi connectivity index (χ0n) is 14.1. The summed E-state index contributed by atoms with van der Waals surface area (Å²) < 4.78 is 0. The molecule has 0 radical (unpaired) electrons. The molecule has 2 aromatic rings. The molecule has 2 aromatic heterocycles. The Morgan fingerprint density at radius 1 is 0.875 bits per heavy atom. The van der Waals surface area contributed by atoms with Crippen LogP contribution in [0.25, 0.3) is 0 Å². The molecule has 6 heteroatoms. The SMILES string of the molecule is CN(c1cc2c(nn1)CCC2)C1CN(c2cc3c(nn2)CCC3)C1. The average Bonchev–Trinajstić information content (AvgIpc) is 3.21. The van der Waals surface area contributed by atoms with Gasteiger partial charge in [-0.1, -0.05) is 0 Å². The van der Waals surface area contributed by atoms with E-state index in [1.807, 2.05) is 0 Å². The van der Waals surface area contributed by atoms with E-state index in [1.54, 1.807) is 0 Å². The lowest BCUT2D eigenvalue weighted by Gasteiger charge is -2.44. The smallest absolute Gasteiger partial charge is 0.151 e. The maximum absolute atomic E-state index is 4.43. The van der Waals surface area contributed by atoms with Crippen molar-refractivity contribution in [2.24, 2.45) is 0 Å². The fraction of sp³-hybridized carbons (Fsp3) is 0.556. The molecule has 1 fully saturated rings. The molecule has 0 N–H and O–H groups in total. The van der Waals surface area contributed by atoms with Gasteiger partial charge in [-0.15, -0.1) is 10.2 Å². The molecule has 1 aliphatic heterocycles. The van der Waals surface area contributed by atoms with Gasteiger partial charge in [0.05, 0.1) is 17.4 Å². The average molecular weight is 322 g/mol. The maximum atomic E-state index is 4.43. The standard InChI is InChI=1S/C18H22N6/c1-23(17-8-12-4-2-6-15(12)19-21-17)14-10-24(11-14)18-9-13-5-3-7-16(13)20-22-18/h8-9,14H,2-7,10-11H2,1H3. The maximum Gasteiger partial charge on any atom is 0.151 e. The van der Waals surface area contributed by atoms with Gasteiger partial charge in [-0.2, -0.15) is 10.2 Å². The monoisotopic (exact) mass is 322 g/mol. The van der Waals surface area contributed by atoms with E-state index in [9.17, 15) is 0 Å². The fourth-order valence-corrected chi connectivity index (χ4v) is 4.04. The molecule has 124 valence electrons. The number of likely N-dealkylation sites (N-methyl/N-ethyl adjacent to an activating group) is 1. The Morgan fingerprint density at radius 2 is 1.54 bits per heavy atom. The molecule has 0 aromatic carbocycles. The largest absolute Gasteiger partial charge is 0.352 e. The summed E-state index contributed by atoms with van der Waals surface area (Å²) in [6.07, 6.45) is 6.90. The number of nitrogens with zero attached hydrogens (tertiary/aromatic N) is 6. The number of hydrogen-bond donors (Lipinski definition) is 0. The first-order chi connectivity index (χ1) is 11.8. The molecule has 24 heavy (non-hydrogen) atoms. The molecular formula is C18H22N6.